The van der Waals surface area contributed by atoms with Gasteiger partial charge in [0.2, 0.25) is 10.0 Å². The predicted molar refractivity (Wildman–Crippen MR) is 61.3 cm³/mol. The fourth-order valence-electron chi connectivity index (χ4n) is 1.22. The van der Waals surface area contributed by atoms with Gasteiger partial charge in [0, 0.05) is 6.54 Å². The maximum absolute atomic E-state index is 13.2. The molecule has 0 aliphatic carbocycles. The van der Waals surface area contributed by atoms with Gasteiger partial charge in [0.15, 0.2) is 0 Å². The summed E-state index contributed by atoms with van der Waals surface area (Å²) in [5.74, 6) is -1.40. The maximum Gasteiger partial charge on any atom is 0.254 e. The van der Waals surface area contributed by atoms with Crippen LogP contribution < -0.4 is 10.5 Å². The molecule has 0 unspecified atom stereocenters. The highest BCUT2D eigenvalue weighted by Crippen LogP contribution is 2.05. The fourth-order valence-corrected chi connectivity index (χ4v) is 1.76. The summed E-state index contributed by atoms with van der Waals surface area (Å²) in [4.78, 5) is 11.5. The molecule has 17 heavy (non-hydrogen) atoms. The molecule has 0 saturated carbocycles. The van der Waals surface area contributed by atoms with E-state index in [2.05, 4.69) is 5.32 Å². The van der Waals surface area contributed by atoms with Crippen LogP contribution in [0, 0.1) is 5.82 Å². The summed E-state index contributed by atoms with van der Waals surface area (Å²) < 4.78 is 34.4. The molecule has 5 nitrogen and oxygen atoms in total. The Hall–Kier alpha value is -1.47. The minimum absolute atomic E-state index is 0.0666. The molecule has 0 heterocycles. The second kappa shape index (κ2) is 5.74. The van der Waals surface area contributed by atoms with Gasteiger partial charge in [0.25, 0.3) is 5.91 Å². The van der Waals surface area contributed by atoms with Gasteiger partial charge in [-0.1, -0.05) is 12.1 Å². The zero-order chi connectivity index (χ0) is 12.9. The van der Waals surface area contributed by atoms with Crippen molar-refractivity contribution in [1.82, 2.24) is 5.32 Å². The Balaban J connectivity index is 2.44. The molecule has 0 aliphatic heterocycles. The van der Waals surface area contributed by atoms with Crippen LogP contribution in [0.15, 0.2) is 24.3 Å². The molecule has 7 heteroatoms. The quantitative estimate of drug-likeness (QED) is 0.743. The summed E-state index contributed by atoms with van der Waals surface area (Å²) in [6, 6.07) is 5.55. The van der Waals surface area contributed by atoms with Gasteiger partial charge >= 0.3 is 0 Å². The zero-order valence-corrected chi connectivity index (χ0v) is 9.84. The Labute approximate surface area is 98.9 Å². The normalized spacial score (nSPS) is 11.2. The van der Waals surface area contributed by atoms with E-state index in [1.165, 1.54) is 18.2 Å². The number of sulfonamides is 1. The minimum Gasteiger partial charge on any atom is -0.352 e. The van der Waals surface area contributed by atoms with Gasteiger partial charge in [0.05, 0.1) is 11.3 Å². The maximum atomic E-state index is 13.2. The Bertz CT molecular complexity index is 502. The van der Waals surface area contributed by atoms with E-state index in [4.69, 9.17) is 5.14 Å². The molecule has 0 bridgehead atoms. The summed E-state index contributed by atoms with van der Waals surface area (Å²) in [6.07, 6.45) is 0.193. The van der Waals surface area contributed by atoms with Gasteiger partial charge < -0.3 is 5.32 Å². The smallest absolute Gasteiger partial charge is 0.254 e. The first-order valence-corrected chi connectivity index (χ1v) is 6.65. The van der Waals surface area contributed by atoms with Crippen LogP contribution in [0.25, 0.3) is 0 Å². The Morgan fingerprint density at radius 2 is 2.00 bits per heavy atom. The van der Waals surface area contributed by atoms with E-state index in [9.17, 15) is 17.6 Å². The largest absolute Gasteiger partial charge is 0.352 e. The van der Waals surface area contributed by atoms with Gasteiger partial charge in [-0.15, -0.1) is 0 Å². The highest BCUT2D eigenvalue weighted by Gasteiger charge is 2.10. The van der Waals surface area contributed by atoms with Gasteiger partial charge in [0.1, 0.15) is 5.82 Å². The molecule has 94 valence electrons. The number of nitrogens with one attached hydrogen (secondary N) is 1. The molecule has 1 aromatic carbocycles. The molecular formula is C10H13FN2O3S. The first-order chi connectivity index (χ1) is 7.90. The van der Waals surface area contributed by atoms with Crippen molar-refractivity contribution in [2.45, 2.75) is 6.42 Å². The first kappa shape index (κ1) is 13.6. The lowest BCUT2D eigenvalue weighted by Gasteiger charge is -2.05. The van der Waals surface area contributed by atoms with Gasteiger partial charge in [-0.25, -0.2) is 17.9 Å². The van der Waals surface area contributed by atoms with Crippen molar-refractivity contribution in [3.05, 3.63) is 35.6 Å². The Kier molecular flexibility index (Phi) is 4.59. The molecular weight excluding hydrogens is 247 g/mol. The number of carbonyl (C=O) groups excluding carboxylic acids is 1. The summed E-state index contributed by atoms with van der Waals surface area (Å²) >= 11 is 0. The van der Waals surface area contributed by atoms with Crippen LogP contribution in [-0.4, -0.2) is 26.6 Å². The average Bonchev–Trinajstić information content (AvgIpc) is 2.23. The Morgan fingerprint density at radius 3 is 2.59 bits per heavy atom. The van der Waals surface area contributed by atoms with Gasteiger partial charge in [-0.05, 0) is 18.6 Å². The topological polar surface area (TPSA) is 89.3 Å². The molecule has 0 aromatic heterocycles. The molecule has 0 spiro atoms. The zero-order valence-electron chi connectivity index (χ0n) is 9.02. The average molecular weight is 260 g/mol. The molecule has 1 rings (SSSR count). The van der Waals surface area contributed by atoms with Crippen molar-refractivity contribution in [3.63, 3.8) is 0 Å². The highest BCUT2D eigenvalue weighted by molar-refractivity contribution is 7.89. The lowest BCUT2D eigenvalue weighted by molar-refractivity contribution is 0.0949. The third-order valence-corrected chi connectivity index (χ3v) is 2.87. The van der Waals surface area contributed by atoms with Crippen LogP contribution in [-0.2, 0) is 10.0 Å². The van der Waals surface area contributed by atoms with Gasteiger partial charge in [-0.2, -0.15) is 0 Å². The van der Waals surface area contributed by atoms with Crippen molar-refractivity contribution in [1.29, 1.82) is 0 Å². The summed E-state index contributed by atoms with van der Waals surface area (Å²) in [7, 11) is -3.52. The fraction of sp³-hybridized carbons (Fsp3) is 0.300. The molecule has 0 radical (unpaired) electrons. The van der Waals surface area contributed by atoms with Crippen LogP contribution in [0.4, 0.5) is 4.39 Å². The molecule has 0 saturated heterocycles. The van der Waals surface area contributed by atoms with Crippen LogP contribution in [0.2, 0.25) is 0 Å². The molecule has 0 atom stereocenters. The van der Waals surface area contributed by atoms with E-state index in [0.29, 0.717) is 0 Å². The van der Waals surface area contributed by atoms with Crippen LogP contribution in [0.1, 0.15) is 16.8 Å². The van der Waals surface area contributed by atoms with E-state index in [-0.39, 0.29) is 24.3 Å². The number of nitrogens with two attached hydrogens (primary N) is 1. The number of primary sulfonamides is 1. The van der Waals surface area contributed by atoms with Crippen LogP contribution >= 0.6 is 0 Å². The summed E-state index contributed by atoms with van der Waals surface area (Å²) in [5.41, 5.74) is -0.0666. The highest BCUT2D eigenvalue weighted by atomic mass is 32.2. The van der Waals surface area contributed by atoms with E-state index >= 15 is 0 Å². The first-order valence-electron chi connectivity index (χ1n) is 4.93. The summed E-state index contributed by atoms with van der Waals surface area (Å²) in [5, 5.41) is 7.20. The Morgan fingerprint density at radius 1 is 1.35 bits per heavy atom. The number of halogens is 1. The third-order valence-electron chi connectivity index (χ3n) is 2.01. The standard InChI is InChI=1S/C10H13FN2O3S/c11-9-5-2-1-4-8(9)10(14)13-6-3-7-17(12,15)16/h1-2,4-5H,3,6-7H2,(H,13,14)(H2,12,15,16). The second-order valence-corrected chi connectivity index (χ2v) is 5.19. The SMILES string of the molecule is NS(=O)(=O)CCCNC(=O)c1ccccc1F. The van der Waals surface area contributed by atoms with Crippen LogP contribution in [0.5, 0.6) is 0 Å². The van der Waals surface area contributed by atoms with Crippen LogP contribution in [0.3, 0.4) is 0 Å². The van der Waals surface area contributed by atoms with E-state index in [1.807, 2.05) is 0 Å². The lowest BCUT2D eigenvalue weighted by Crippen LogP contribution is -2.27. The number of carbonyl (C=O) groups is 1. The molecule has 0 fully saturated rings. The van der Waals surface area contributed by atoms with E-state index in [1.54, 1.807) is 6.07 Å². The number of benzene rings is 1. The number of hydrogen-bond acceptors (Lipinski definition) is 3. The second-order valence-electron chi connectivity index (χ2n) is 3.46. The molecule has 0 aliphatic rings. The van der Waals surface area contributed by atoms with E-state index < -0.39 is 21.7 Å². The number of amides is 1. The van der Waals surface area contributed by atoms with Crippen molar-refractivity contribution in [2.24, 2.45) is 5.14 Å². The van der Waals surface area contributed by atoms with Crippen molar-refractivity contribution >= 4 is 15.9 Å². The number of rotatable bonds is 5. The van der Waals surface area contributed by atoms with E-state index in [0.717, 1.165) is 0 Å². The lowest BCUT2D eigenvalue weighted by atomic mass is 10.2. The monoisotopic (exact) mass is 260 g/mol. The predicted octanol–water partition coefficient (Wildman–Crippen LogP) is 0.234. The van der Waals surface area contributed by atoms with Crippen molar-refractivity contribution in [3.8, 4) is 0 Å². The summed E-state index contributed by atoms with van der Waals surface area (Å²) in [6.45, 7) is 0.129. The minimum atomic E-state index is -3.52. The van der Waals surface area contributed by atoms with Crippen molar-refractivity contribution < 1.29 is 17.6 Å². The van der Waals surface area contributed by atoms with Crippen molar-refractivity contribution in [2.75, 3.05) is 12.3 Å². The molecule has 3 N–H and O–H groups in total. The third kappa shape index (κ3) is 4.92. The molecule has 1 aromatic rings. The molecule has 1 amide bonds. The number of hydrogen-bond donors (Lipinski definition) is 2. The van der Waals surface area contributed by atoms with Gasteiger partial charge in [-0.3, -0.25) is 4.79 Å².